The summed E-state index contributed by atoms with van der Waals surface area (Å²) >= 11 is 0. The molecule has 0 spiro atoms. The van der Waals surface area contributed by atoms with Gasteiger partial charge in [0, 0.05) is 12.3 Å². The van der Waals surface area contributed by atoms with Gasteiger partial charge in [0.25, 0.3) is 0 Å². The summed E-state index contributed by atoms with van der Waals surface area (Å²) in [6.07, 6.45) is 11.1. The van der Waals surface area contributed by atoms with Crippen molar-refractivity contribution in [3.63, 3.8) is 0 Å². The molecular weight excluding hydrogens is 396 g/mol. The molecule has 174 valence electrons. The number of hydrogen-bond donors (Lipinski definition) is 0. The van der Waals surface area contributed by atoms with Crippen molar-refractivity contribution >= 4 is 14.1 Å². The summed E-state index contributed by atoms with van der Waals surface area (Å²) in [4.78, 5) is 12.8. The molecule has 1 aliphatic carbocycles. The van der Waals surface area contributed by atoms with Crippen LogP contribution < -0.4 is 0 Å². The van der Waals surface area contributed by atoms with Gasteiger partial charge in [-0.3, -0.25) is 4.79 Å². The van der Waals surface area contributed by atoms with Gasteiger partial charge in [0.1, 0.15) is 5.78 Å². The topological polar surface area (TPSA) is 26.3 Å². The van der Waals surface area contributed by atoms with Crippen LogP contribution in [0.2, 0.25) is 18.1 Å². The van der Waals surface area contributed by atoms with Crippen LogP contribution in [0.25, 0.3) is 0 Å². The van der Waals surface area contributed by atoms with Gasteiger partial charge in [-0.1, -0.05) is 95.9 Å². The summed E-state index contributed by atoms with van der Waals surface area (Å²) in [5, 5.41) is 0.203. The highest BCUT2D eigenvalue weighted by atomic mass is 28.4. The molecule has 3 heteroatoms. The molecule has 1 saturated carbocycles. The Morgan fingerprint density at radius 2 is 1.94 bits per heavy atom. The zero-order chi connectivity index (χ0) is 23.2. The molecule has 0 radical (unpaired) electrons. The van der Waals surface area contributed by atoms with Crippen molar-refractivity contribution in [1.29, 1.82) is 0 Å². The van der Waals surface area contributed by atoms with E-state index >= 15 is 0 Å². The van der Waals surface area contributed by atoms with Crippen LogP contribution in [0, 0.1) is 24.7 Å². The highest BCUT2D eigenvalue weighted by Crippen LogP contribution is 2.40. The van der Waals surface area contributed by atoms with E-state index in [-0.39, 0.29) is 17.1 Å². The third kappa shape index (κ3) is 7.42. The average molecular weight is 443 g/mol. The molecule has 0 heterocycles. The number of aryl methyl sites for hydroxylation is 1. The normalized spacial score (nSPS) is 23.6. The molecule has 0 N–H and O–H groups in total. The smallest absolute Gasteiger partial charge is 0.192 e. The van der Waals surface area contributed by atoms with Gasteiger partial charge in [0.05, 0.1) is 6.10 Å². The molecule has 0 bridgehead atoms. The van der Waals surface area contributed by atoms with Crippen LogP contribution >= 0.6 is 0 Å². The summed E-state index contributed by atoms with van der Waals surface area (Å²) in [6.45, 7) is 18.2. The number of ketones is 1. The Kier molecular flexibility index (Phi) is 9.33. The second-order valence-corrected chi connectivity index (χ2v) is 16.1. The van der Waals surface area contributed by atoms with E-state index in [0.29, 0.717) is 24.0 Å². The third-order valence-corrected chi connectivity index (χ3v) is 12.0. The molecule has 1 aromatic rings. The predicted molar refractivity (Wildman–Crippen MR) is 136 cm³/mol. The van der Waals surface area contributed by atoms with Crippen LogP contribution in [0.5, 0.6) is 0 Å². The van der Waals surface area contributed by atoms with E-state index in [4.69, 9.17) is 4.43 Å². The van der Waals surface area contributed by atoms with E-state index in [9.17, 15) is 4.79 Å². The number of carbonyl (C=O) groups excluding carboxylic acids is 1. The minimum atomic E-state index is -1.84. The number of carbonyl (C=O) groups is 1. The zero-order valence-electron chi connectivity index (χ0n) is 21.3. The fraction of sp³-hybridized carbons (Fsp3) is 0.679. The van der Waals surface area contributed by atoms with Crippen LogP contribution in [-0.4, -0.2) is 20.2 Å². The lowest BCUT2D eigenvalue weighted by molar-refractivity contribution is -0.121. The van der Waals surface area contributed by atoms with Crippen molar-refractivity contribution in [3.05, 3.63) is 47.5 Å². The molecule has 0 saturated heterocycles. The van der Waals surface area contributed by atoms with Gasteiger partial charge in [-0.05, 0) is 55.3 Å². The Morgan fingerprint density at radius 3 is 2.55 bits per heavy atom. The monoisotopic (exact) mass is 442 g/mol. The Morgan fingerprint density at radius 1 is 1.23 bits per heavy atom. The van der Waals surface area contributed by atoms with Crippen LogP contribution in [-0.2, 0) is 15.6 Å². The van der Waals surface area contributed by atoms with Gasteiger partial charge in [-0.2, -0.15) is 0 Å². The van der Waals surface area contributed by atoms with Crippen molar-refractivity contribution in [2.75, 3.05) is 0 Å². The van der Waals surface area contributed by atoms with Crippen LogP contribution in [0.1, 0.15) is 77.8 Å². The van der Waals surface area contributed by atoms with Crippen LogP contribution in [0.15, 0.2) is 36.4 Å². The van der Waals surface area contributed by atoms with Gasteiger partial charge in [0.2, 0.25) is 0 Å². The van der Waals surface area contributed by atoms with Crippen molar-refractivity contribution in [3.8, 4) is 0 Å². The second kappa shape index (κ2) is 11.1. The quantitative estimate of drug-likeness (QED) is 0.209. The predicted octanol–water partition coefficient (Wildman–Crippen LogP) is 7.91. The second-order valence-electron chi connectivity index (χ2n) is 11.3. The minimum Gasteiger partial charge on any atom is -0.411 e. The zero-order valence-corrected chi connectivity index (χ0v) is 22.3. The summed E-state index contributed by atoms with van der Waals surface area (Å²) in [7, 11) is -1.84. The van der Waals surface area contributed by atoms with E-state index in [0.717, 1.165) is 12.8 Å². The van der Waals surface area contributed by atoms with Gasteiger partial charge in [-0.25, -0.2) is 0 Å². The molecule has 0 amide bonds. The largest absolute Gasteiger partial charge is 0.411 e. The Labute approximate surface area is 193 Å². The Hall–Kier alpha value is -1.19. The number of hydrogen-bond acceptors (Lipinski definition) is 2. The van der Waals surface area contributed by atoms with Gasteiger partial charge >= 0.3 is 0 Å². The fourth-order valence-electron chi connectivity index (χ4n) is 4.48. The highest BCUT2D eigenvalue weighted by molar-refractivity contribution is 6.74. The summed E-state index contributed by atoms with van der Waals surface area (Å²) in [5.74, 6) is 1.24. The summed E-state index contributed by atoms with van der Waals surface area (Å²) in [6, 6.07) is 8.62. The van der Waals surface area contributed by atoms with E-state index in [1.54, 1.807) is 0 Å². The van der Waals surface area contributed by atoms with Crippen LogP contribution in [0.3, 0.4) is 0 Å². The molecule has 0 unspecified atom stereocenters. The lowest BCUT2D eigenvalue weighted by atomic mass is 9.85. The Bertz CT molecular complexity index is 744. The number of rotatable bonds is 10. The number of allylic oxidation sites excluding steroid dienone is 1. The highest BCUT2D eigenvalue weighted by Gasteiger charge is 2.40. The summed E-state index contributed by atoms with van der Waals surface area (Å²) in [5.41, 5.74) is 2.55. The number of benzene rings is 1. The molecule has 31 heavy (non-hydrogen) atoms. The van der Waals surface area contributed by atoms with Crippen molar-refractivity contribution < 1.29 is 9.22 Å². The fourth-order valence-corrected chi connectivity index (χ4v) is 5.79. The van der Waals surface area contributed by atoms with E-state index < -0.39 is 8.32 Å². The SMILES string of the molecule is CCCCC[C@@H](/C=C/[C@H]1[C@H](C)CC(=O)[C@@H]1Cc1cccc(C)c1)O[Si](C)(C)C(C)(C)C. The van der Waals surface area contributed by atoms with Gasteiger partial charge < -0.3 is 4.43 Å². The first-order valence-electron chi connectivity index (χ1n) is 12.4. The maximum atomic E-state index is 12.8. The lowest BCUT2D eigenvalue weighted by Crippen LogP contribution is -2.43. The van der Waals surface area contributed by atoms with Crippen molar-refractivity contribution in [1.82, 2.24) is 0 Å². The van der Waals surface area contributed by atoms with E-state index in [1.165, 1.54) is 30.4 Å². The molecule has 4 atom stereocenters. The minimum absolute atomic E-state index is 0.0946. The maximum Gasteiger partial charge on any atom is 0.192 e. The van der Waals surface area contributed by atoms with Crippen molar-refractivity contribution in [2.45, 2.75) is 104 Å². The molecular formula is C28H46O2Si. The average Bonchev–Trinajstić information content (AvgIpc) is 2.91. The number of Topliss-reactive ketones (excluding diaryl/α,β-unsaturated/α-hetero) is 1. The molecule has 2 nitrogen and oxygen atoms in total. The van der Waals surface area contributed by atoms with Gasteiger partial charge in [-0.15, -0.1) is 0 Å². The molecule has 1 aliphatic rings. The van der Waals surface area contributed by atoms with Gasteiger partial charge in [0.15, 0.2) is 8.32 Å². The Balaban J connectivity index is 2.18. The first-order valence-corrected chi connectivity index (χ1v) is 15.3. The molecule has 1 aromatic carbocycles. The molecule has 0 aliphatic heterocycles. The first kappa shape index (κ1) is 26.1. The van der Waals surface area contributed by atoms with E-state index in [2.05, 4.69) is 91.1 Å². The lowest BCUT2D eigenvalue weighted by Gasteiger charge is -2.39. The molecule has 0 aromatic heterocycles. The third-order valence-electron chi connectivity index (χ3n) is 7.49. The molecule has 2 rings (SSSR count). The van der Waals surface area contributed by atoms with E-state index in [1.807, 2.05) is 0 Å². The maximum absolute atomic E-state index is 12.8. The summed E-state index contributed by atoms with van der Waals surface area (Å²) < 4.78 is 6.81. The van der Waals surface area contributed by atoms with Crippen molar-refractivity contribution in [2.24, 2.45) is 17.8 Å². The first-order chi connectivity index (χ1) is 14.4. The molecule has 1 fully saturated rings. The van der Waals surface area contributed by atoms with Crippen LogP contribution in [0.4, 0.5) is 0 Å². The standard InChI is InChI=1S/C28H46O2Si/c1-9-10-11-15-24(30-31(7,8)28(4,5)6)16-17-25-22(3)19-27(29)26(25)20-23-14-12-13-21(2)18-23/h12-14,16-18,22,24-26H,9-11,15,19-20H2,1-8H3/b17-16+/t22-,24+,25+,26-/m1/s1. The number of unbranched alkanes of at least 4 members (excludes halogenated alkanes) is 2.